The maximum Gasteiger partial charge on any atom is 0.0445 e. The zero-order valence-corrected chi connectivity index (χ0v) is 6.35. The fourth-order valence-electron chi connectivity index (χ4n) is 0.686. The van der Waals surface area contributed by atoms with Gasteiger partial charge in [-0.2, -0.15) is 0 Å². The van der Waals surface area contributed by atoms with Crippen molar-refractivity contribution in [3.05, 3.63) is 0 Å². The molecule has 9 heavy (non-hydrogen) atoms. The lowest BCUT2D eigenvalue weighted by Crippen LogP contribution is -2.27. The molecular weight excluding hydrogens is 114 g/mol. The molecule has 0 aromatic carbocycles. The van der Waals surface area contributed by atoms with Crippen molar-refractivity contribution in [2.24, 2.45) is 0 Å². The number of rotatable bonds is 5. The Kier molecular flexibility index (Phi) is 5.99. The van der Waals surface area contributed by atoms with E-state index >= 15 is 0 Å². The van der Waals surface area contributed by atoms with Gasteiger partial charge in [0.25, 0.3) is 0 Å². The van der Waals surface area contributed by atoms with Crippen LogP contribution in [0.15, 0.2) is 0 Å². The van der Waals surface area contributed by atoms with Crippen LogP contribution >= 0.6 is 0 Å². The zero-order chi connectivity index (χ0) is 7.11. The van der Waals surface area contributed by atoms with Gasteiger partial charge in [0.05, 0.1) is 0 Å². The number of hydrogen-bond acceptors (Lipinski definition) is 2. The highest BCUT2D eigenvalue weighted by Crippen LogP contribution is 1.87. The smallest absolute Gasteiger partial charge is 0.0445 e. The number of hydrogen-bond donors (Lipinski definition) is 2. The van der Waals surface area contributed by atoms with Crippen molar-refractivity contribution in [3.8, 4) is 0 Å². The molecule has 1 unspecified atom stereocenters. The monoisotopic (exact) mass is 131 g/mol. The Morgan fingerprint density at radius 2 is 2.22 bits per heavy atom. The summed E-state index contributed by atoms with van der Waals surface area (Å²) in [5.74, 6) is 0. The standard InChI is InChI=1S/C7H17NO/c1-3-5-8-7(2)4-6-9/h7-9H,3-6H2,1-2H3. The van der Waals surface area contributed by atoms with Gasteiger partial charge in [0.15, 0.2) is 0 Å². The third kappa shape index (κ3) is 5.80. The highest BCUT2D eigenvalue weighted by molar-refractivity contribution is 4.57. The van der Waals surface area contributed by atoms with Crippen molar-refractivity contribution in [1.29, 1.82) is 0 Å². The summed E-state index contributed by atoms with van der Waals surface area (Å²) in [6.07, 6.45) is 2.02. The van der Waals surface area contributed by atoms with Crippen LogP contribution < -0.4 is 5.32 Å². The van der Waals surface area contributed by atoms with Gasteiger partial charge in [-0.15, -0.1) is 0 Å². The second-order valence-electron chi connectivity index (χ2n) is 2.37. The molecule has 0 aliphatic heterocycles. The van der Waals surface area contributed by atoms with Crippen molar-refractivity contribution >= 4 is 0 Å². The summed E-state index contributed by atoms with van der Waals surface area (Å²) in [5, 5.41) is 11.8. The Morgan fingerprint density at radius 1 is 1.56 bits per heavy atom. The normalized spacial score (nSPS) is 13.7. The Bertz CT molecular complexity index is 56.9. The lowest BCUT2D eigenvalue weighted by molar-refractivity contribution is 0.269. The average Bonchev–Trinajstić information content (AvgIpc) is 1.85. The fraction of sp³-hybridized carbons (Fsp3) is 1.00. The molecule has 0 spiro atoms. The topological polar surface area (TPSA) is 32.3 Å². The van der Waals surface area contributed by atoms with E-state index in [4.69, 9.17) is 5.11 Å². The van der Waals surface area contributed by atoms with Gasteiger partial charge in [-0.05, 0) is 26.3 Å². The molecule has 0 rings (SSSR count). The third-order valence-corrected chi connectivity index (χ3v) is 1.30. The first-order valence-electron chi connectivity index (χ1n) is 3.65. The van der Waals surface area contributed by atoms with E-state index in [0.29, 0.717) is 6.04 Å². The van der Waals surface area contributed by atoms with Crippen LogP contribution in [0.4, 0.5) is 0 Å². The van der Waals surface area contributed by atoms with Crippen molar-refractivity contribution < 1.29 is 5.11 Å². The summed E-state index contributed by atoms with van der Waals surface area (Å²) in [6, 6.07) is 0.468. The molecule has 0 aromatic heterocycles. The summed E-state index contributed by atoms with van der Waals surface area (Å²) in [6.45, 7) is 5.57. The molecule has 0 heterocycles. The van der Waals surface area contributed by atoms with Gasteiger partial charge in [0, 0.05) is 12.6 Å². The number of nitrogens with one attached hydrogen (secondary N) is 1. The lowest BCUT2D eigenvalue weighted by Gasteiger charge is -2.09. The summed E-state index contributed by atoms with van der Waals surface area (Å²) < 4.78 is 0. The first-order chi connectivity index (χ1) is 4.31. The quantitative estimate of drug-likeness (QED) is 0.577. The van der Waals surface area contributed by atoms with Crippen molar-refractivity contribution in [2.45, 2.75) is 32.7 Å². The van der Waals surface area contributed by atoms with E-state index in [-0.39, 0.29) is 6.61 Å². The van der Waals surface area contributed by atoms with Gasteiger partial charge >= 0.3 is 0 Å². The maximum atomic E-state index is 8.50. The fourth-order valence-corrected chi connectivity index (χ4v) is 0.686. The Morgan fingerprint density at radius 3 is 2.67 bits per heavy atom. The van der Waals surface area contributed by atoms with E-state index in [9.17, 15) is 0 Å². The Labute approximate surface area is 57.3 Å². The van der Waals surface area contributed by atoms with Crippen LogP contribution in [0.1, 0.15) is 26.7 Å². The molecule has 1 atom stereocenters. The predicted molar refractivity (Wildman–Crippen MR) is 39.5 cm³/mol. The third-order valence-electron chi connectivity index (χ3n) is 1.30. The largest absolute Gasteiger partial charge is 0.396 e. The van der Waals surface area contributed by atoms with E-state index in [1.54, 1.807) is 0 Å². The first kappa shape index (κ1) is 8.92. The predicted octanol–water partition coefficient (Wildman–Crippen LogP) is 0.757. The molecule has 2 nitrogen and oxygen atoms in total. The van der Waals surface area contributed by atoms with Gasteiger partial charge in [-0.3, -0.25) is 0 Å². The van der Waals surface area contributed by atoms with Gasteiger partial charge in [-0.25, -0.2) is 0 Å². The molecule has 0 bridgehead atoms. The van der Waals surface area contributed by atoms with Crippen LogP contribution in [0.25, 0.3) is 0 Å². The average molecular weight is 131 g/mol. The molecule has 0 fully saturated rings. The Balaban J connectivity index is 2.95. The molecule has 56 valence electrons. The molecule has 0 saturated carbocycles. The van der Waals surface area contributed by atoms with Crippen molar-refractivity contribution in [1.82, 2.24) is 5.32 Å². The molecule has 0 amide bonds. The van der Waals surface area contributed by atoms with Gasteiger partial charge in [-0.1, -0.05) is 6.92 Å². The summed E-state index contributed by atoms with van der Waals surface area (Å²) in [7, 11) is 0. The maximum absolute atomic E-state index is 8.50. The van der Waals surface area contributed by atoms with Crippen LogP contribution in [0.3, 0.4) is 0 Å². The Hall–Kier alpha value is -0.0800. The van der Waals surface area contributed by atoms with Crippen LogP contribution in [0.2, 0.25) is 0 Å². The van der Waals surface area contributed by atoms with E-state index in [0.717, 1.165) is 19.4 Å². The van der Waals surface area contributed by atoms with Gasteiger partial charge in [0.1, 0.15) is 0 Å². The lowest BCUT2D eigenvalue weighted by atomic mass is 10.2. The second-order valence-corrected chi connectivity index (χ2v) is 2.37. The van der Waals surface area contributed by atoms with Crippen molar-refractivity contribution in [3.63, 3.8) is 0 Å². The van der Waals surface area contributed by atoms with Gasteiger partial charge in [0.2, 0.25) is 0 Å². The first-order valence-corrected chi connectivity index (χ1v) is 3.65. The molecule has 0 saturated heterocycles. The second kappa shape index (κ2) is 6.05. The zero-order valence-electron chi connectivity index (χ0n) is 6.35. The SMILES string of the molecule is CCCNC(C)CCO. The molecular formula is C7H17NO. The van der Waals surface area contributed by atoms with E-state index in [2.05, 4.69) is 19.2 Å². The minimum atomic E-state index is 0.290. The molecule has 0 aliphatic carbocycles. The van der Waals surface area contributed by atoms with Crippen LogP contribution in [0, 0.1) is 0 Å². The minimum absolute atomic E-state index is 0.290. The highest BCUT2D eigenvalue weighted by Gasteiger charge is 1.96. The van der Waals surface area contributed by atoms with E-state index in [1.165, 1.54) is 0 Å². The number of aliphatic hydroxyl groups excluding tert-OH is 1. The molecule has 2 heteroatoms. The molecule has 0 radical (unpaired) electrons. The van der Waals surface area contributed by atoms with Crippen LogP contribution in [-0.4, -0.2) is 24.3 Å². The van der Waals surface area contributed by atoms with Crippen molar-refractivity contribution in [2.75, 3.05) is 13.2 Å². The van der Waals surface area contributed by atoms with Crippen LogP contribution in [-0.2, 0) is 0 Å². The summed E-state index contributed by atoms with van der Waals surface area (Å²) >= 11 is 0. The van der Waals surface area contributed by atoms with Gasteiger partial charge < -0.3 is 10.4 Å². The molecule has 0 aliphatic rings. The molecule has 0 aromatic rings. The number of aliphatic hydroxyl groups is 1. The van der Waals surface area contributed by atoms with Crippen LogP contribution in [0.5, 0.6) is 0 Å². The summed E-state index contributed by atoms with van der Waals surface area (Å²) in [5.41, 5.74) is 0. The summed E-state index contributed by atoms with van der Waals surface area (Å²) in [4.78, 5) is 0. The highest BCUT2D eigenvalue weighted by atomic mass is 16.3. The molecule has 2 N–H and O–H groups in total. The minimum Gasteiger partial charge on any atom is -0.396 e. The van der Waals surface area contributed by atoms with E-state index < -0.39 is 0 Å². The van der Waals surface area contributed by atoms with E-state index in [1.807, 2.05) is 0 Å².